The minimum atomic E-state index is -0.579. The highest BCUT2D eigenvalue weighted by atomic mass is 35.5. The lowest BCUT2D eigenvalue weighted by Gasteiger charge is -2.31. The fraction of sp³-hybridized carbons (Fsp3) is 0.417. The van der Waals surface area contributed by atoms with E-state index in [0.717, 1.165) is 0 Å². The molecule has 1 fully saturated rings. The number of hydrogen-bond acceptors (Lipinski definition) is 4. The molecule has 0 aliphatic carbocycles. The largest absolute Gasteiger partial charge is 0.336 e. The molecular weight excluding hydrogens is 305 g/mol. The number of nitro benzene ring substituents is 1. The Morgan fingerprint density at radius 3 is 2.85 bits per heavy atom. The highest BCUT2D eigenvalue weighted by molar-refractivity contribution is 6.31. The first-order chi connectivity index (χ1) is 8.99. The lowest BCUT2D eigenvalue weighted by Crippen LogP contribution is -2.51. The number of benzene rings is 1. The molecule has 110 valence electrons. The summed E-state index contributed by atoms with van der Waals surface area (Å²) in [5.74, 6) is -0.322. The van der Waals surface area contributed by atoms with E-state index < -0.39 is 4.92 Å². The minimum Gasteiger partial charge on any atom is -0.336 e. The van der Waals surface area contributed by atoms with Crippen molar-refractivity contribution < 1.29 is 9.72 Å². The van der Waals surface area contributed by atoms with E-state index in [4.69, 9.17) is 11.6 Å². The Balaban J connectivity index is 0.00000200. The standard InChI is InChI=1S/C12H14ClN3O3.ClH/c1-8-7-15(5-4-14-8)12(17)10-3-2-9(13)6-11(10)16(18)19;/h2-3,6,8,14H,4-5,7H2,1H3;1H/t8-;/m0./s1. The summed E-state index contributed by atoms with van der Waals surface area (Å²) in [4.78, 5) is 24.4. The Morgan fingerprint density at radius 1 is 1.55 bits per heavy atom. The van der Waals surface area contributed by atoms with Crippen LogP contribution in [0.5, 0.6) is 0 Å². The first-order valence-corrected chi connectivity index (χ1v) is 6.33. The van der Waals surface area contributed by atoms with Crippen LogP contribution in [0.4, 0.5) is 5.69 Å². The van der Waals surface area contributed by atoms with Crippen LogP contribution in [0.15, 0.2) is 18.2 Å². The summed E-state index contributed by atoms with van der Waals surface area (Å²) in [5.41, 5.74) is -0.160. The summed E-state index contributed by atoms with van der Waals surface area (Å²) in [6.07, 6.45) is 0. The van der Waals surface area contributed by atoms with Crippen molar-refractivity contribution in [3.05, 3.63) is 38.9 Å². The number of nitrogens with zero attached hydrogens (tertiary/aromatic N) is 2. The van der Waals surface area contributed by atoms with Gasteiger partial charge in [0.15, 0.2) is 0 Å². The molecule has 6 nitrogen and oxygen atoms in total. The van der Waals surface area contributed by atoms with Gasteiger partial charge in [0.05, 0.1) is 4.92 Å². The van der Waals surface area contributed by atoms with Crippen molar-refractivity contribution in [2.75, 3.05) is 19.6 Å². The van der Waals surface area contributed by atoms with E-state index in [0.29, 0.717) is 19.6 Å². The van der Waals surface area contributed by atoms with E-state index in [2.05, 4.69) is 5.32 Å². The number of hydrogen-bond donors (Lipinski definition) is 1. The SMILES string of the molecule is C[C@H]1CN(C(=O)c2ccc(Cl)cc2[N+](=O)[O-])CCN1.Cl. The maximum Gasteiger partial charge on any atom is 0.283 e. The van der Waals surface area contributed by atoms with Gasteiger partial charge in [-0.2, -0.15) is 0 Å². The van der Waals surface area contributed by atoms with Crippen LogP contribution in [-0.2, 0) is 0 Å². The molecule has 8 heteroatoms. The van der Waals surface area contributed by atoms with Crippen molar-refractivity contribution in [2.24, 2.45) is 0 Å². The molecule has 1 saturated heterocycles. The predicted molar refractivity (Wildman–Crippen MR) is 78.7 cm³/mol. The molecule has 0 bridgehead atoms. The molecule has 1 aromatic carbocycles. The van der Waals surface area contributed by atoms with Crippen molar-refractivity contribution in [3.63, 3.8) is 0 Å². The van der Waals surface area contributed by atoms with Gasteiger partial charge in [0, 0.05) is 36.8 Å². The second-order valence-electron chi connectivity index (χ2n) is 4.52. The summed E-state index contributed by atoms with van der Waals surface area (Å²) in [5, 5.41) is 14.5. The average molecular weight is 320 g/mol. The van der Waals surface area contributed by atoms with Crippen LogP contribution in [0.3, 0.4) is 0 Å². The Hall–Kier alpha value is -1.37. The van der Waals surface area contributed by atoms with Crippen LogP contribution >= 0.6 is 24.0 Å². The molecule has 0 radical (unpaired) electrons. The van der Waals surface area contributed by atoms with E-state index in [1.165, 1.54) is 18.2 Å². The van der Waals surface area contributed by atoms with Gasteiger partial charge in [-0.25, -0.2) is 0 Å². The summed E-state index contributed by atoms with van der Waals surface area (Å²) < 4.78 is 0. The van der Waals surface area contributed by atoms with Gasteiger partial charge in [-0.15, -0.1) is 12.4 Å². The monoisotopic (exact) mass is 319 g/mol. The molecule has 1 aliphatic rings. The summed E-state index contributed by atoms with van der Waals surface area (Å²) in [6.45, 7) is 3.74. The first-order valence-electron chi connectivity index (χ1n) is 5.95. The van der Waals surface area contributed by atoms with E-state index >= 15 is 0 Å². The van der Waals surface area contributed by atoms with Crippen LogP contribution < -0.4 is 5.32 Å². The minimum absolute atomic E-state index is 0. The van der Waals surface area contributed by atoms with Crippen LogP contribution in [0.25, 0.3) is 0 Å². The number of rotatable bonds is 2. The lowest BCUT2D eigenvalue weighted by molar-refractivity contribution is -0.385. The van der Waals surface area contributed by atoms with Gasteiger partial charge in [0.25, 0.3) is 11.6 Å². The molecule has 1 N–H and O–H groups in total. The first kappa shape index (κ1) is 16.7. The number of carbonyl (C=O) groups is 1. The third kappa shape index (κ3) is 3.59. The predicted octanol–water partition coefficient (Wildman–Crippen LogP) is 2.10. The number of carbonyl (C=O) groups excluding carboxylic acids is 1. The lowest BCUT2D eigenvalue weighted by atomic mass is 10.1. The third-order valence-electron chi connectivity index (χ3n) is 3.04. The van der Waals surface area contributed by atoms with Crippen LogP contribution in [0.2, 0.25) is 5.02 Å². The van der Waals surface area contributed by atoms with Crippen molar-refractivity contribution in [1.82, 2.24) is 10.2 Å². The molecule has 1 aliphatic heterocycles. The highest BCUT2D eigenvalue weighted by Gasteiger charge is 2.27. The van der Waals surface area contributed by atoms with Crippen LogP contribution in [0.1, 0.15) is 17.3 Å². The normalized spacial score (nSPS) is 18.3. The van der Waals surface area contributed by atoms with Gasteiger partial charge in [-0.3, -0.25) is 14.9 Å². The number of nitrogens with one attached hydrogen (secondary N) is 1. The van der Waals surface area contributed by atoms with Gasteiger partial charge in [-0.05, 0) is 19.1 Å². The molecule has 0 aromatic heterocycles. The highest BCUT2D eigenvalue weighted by Crippen LogP contribution is 2.24. The fourth-order valence-corrected chi connectivity index (χ4v) is 2.29. The fourth-order valence-electron chi connectivity index (χ4n) is 2.12. The third-order valence-corrected chi connectivity index (χ3v) is 3.28. The molecule has 2 rings (SSSR count). The second kappa shape index (κ2) is 6.88. The smallest absolute Gasteiger partial charge is 0.283 e. The molecule has 0 spiro atoms. The zero-order valence-corrected chi connectivity index (χ0v) is 12.4. The number of halogens is 2. The molecule has 1 heterocycles. The van der Waals surface area contributed by atoms with Crippen molar-refractivity contribution in [3.8, 4) is 0 Å². The van der Waals surface area contributed by atoms with Crippen molar-refractivity contribution in [1.29, 1.82) is 0 Å². The molecule has 0 saturated carbocycles. The van der Waals surface area contributed by atoms with Crippen LogP contribution in [0, 0.1) is 10.1 Å². The number of amides is 1. The van der Waals surface area contributed by atoms with Gasteiger partial charge < -0.3 is 10.2 Å². The Morgan fingerprint density at radius 2 is 2.25 bits per heavy atom. The zero-order valence-electron chi connectivity index (χ0n) is 10.8. The zero-order chi connectivity index (χ0) is 14.0. The van der Waals surface area contributed by atoms with Crippen molar-refractivity contribution in [2.45, 2.75) is 13.0 Å². The Bertz CT molecular complexity index is 525. The maximum absolute atomic E-state index is 12.3. The Labute approximate surface area is 127 Å². The maximum atomic E-state index is 12.3. The van der Waals surface area contributed by atoms with E-state index in [1.54, 1.807) is 4.90 Å². The molecule has 1 amide bonds. The molecule has 1 aromatic rings. The topological polar surface area (TPSA) is 75.5 Å². The Kier molecular flexibility index (Phi) is 5.74. The van der Waals surface area contributed by atoms with Crippen molar-refractivity contribution >= 4 is 35.6 Å². The van der Waals surface area contributed by atoms with Gasteiger partial charge >= 0.3 is 0 Å². The molecule has 20 heavy (non-hydrogen) atoms. The average Bonchev–Trinajstić information content (AvgIpc) is 2.37. The quantitative estimate of drug-likeness (QED) is 0.669. The van der Waals surface area contributed by atoms with Gasteiger partial charge in [0.1, 0.15) is 5.56 Å². The number of nitro groups is 1. The molecular formula is C12H15Cl2N3O3. The van der Waals surface area contributed by atoms with E-state index in [1.807, 2.05) is 6.92 Å². The second-order valence-corrected chi connectivity index (χ2v) is 4.96. The van der Waals surface area contributed by atoms with E-state index in [9.17, 15) is 14.9 Å². The molecule has 1 atom stereocenters. The molecule has 0 unspecified atom stereocenters. The van der Waals surface area contributed by atoms with E-state index in [-0.39, 0.29) is 40.6 Å². The summed E-state index contributed by atoms with van der Waals surface area (Å²) in [6, 6.07) is 4.30. The number of piperazine rings is 1. The van der Waals surface area contributed by atoms with Gasteiger partial charge in [0.2, 0.25) is 0 Å². The van der Waals surface area contributed by atoms with Crippen LogP contribution in [-0.4, -0.2) is 41.4 Å². The van der Waals surface area contributed by atoms with Gasteiger partial charge in [-0.1, -0.05) is 11.6 Å². The summed E-state index contributed by atoms with van der Waals surface area (Å²) in [7, 11) is 0. The summed E-state index contributed by atoms with van der Waals surface area (Å²) >= 11 is 5.74.